The molecule has 8 heteroatoms. The minimum Gasteiger partial charge on any atom is -0.545 e. The third-order valence-corrected chi connectivity index (χ3v) is 6.90. The van der Waals surface area contributed by atoms with Crippen molar-refractivity contribution in [2.45, 2.75) is 104 Å². The molecule has 1 saturated heterocycles. The van der Waals surface area contributed by atoms with Gasteiger partial charge in [-0.15, -0.1) is 0 Å². The largest absolute Gasteiger partial charge is 0.545 e. The molecule has 2 rings (SSSR count). The molecule has 1 aromatic rings. The number of aromatic carboxylic acids is 1. The van der Waals surface area contributed by atoms with Crippen molar-refractivity contribution in [1.29, 1.82) is 0 Å². The van der Waals surface area contributed by atoms with Gasteiger partial charge in [-0.2, -0.15) is 0 Å². The van der Waals surface area contributed by atoms with Gasteiger partial charge in [-0.05, 0) is 25.7 Å². The third-order valence-electron chi connectivity index (χ3n) is 6.90. The topological polar surface area (TPSA) is 40.1 Å². The van der Waals surface area contributed by atoms with Crippen LogP contribution in [-0.2, 0) is 0 Å². The van der Waals surface area contributed by atoms with Gasteiger partial charge in [0.25, 0.3) is 0 Å². The predicted molar refractivity (Wildman–Crippen MR) is 126 cm³/mol. The van der Waals surface area contributed by atoms with E-state index in [4.69, 9.17) is 0 Å². The molecule has 1 heterocycles. The zero-order chi connectivity index (χ0) is 26.3. The monoisotopic (exact) mass is 507 g/mol. The molecule has 0 unspecified atom stereocenters. The van der Waals surface area contributed by atoms with E-state index in [0.29, 0.717) is 0 Å². The molecule has 0 radical (unpaired) electrons. The number of carboxylic acid groups (broad SMARTS) is 1. The molecule has 3 nitrogen and oxygen atoms in total. The molecule has 1 fully saturated rings. The maximum Gasteiger partial charge on any atom is 0.200 e. The fourth-order valence-corrected chi connectivity index (χ4v) is 4.80. The Bertz CT molecular complexity index is 719. The molecule has 0 spiro atoms. The van der Waals surface area contributed by atoms with Crippen molar-refractivity contribution < 1.29 is 36.3 Å². The normalized spacial score (nSPS) is 14.6. The van der Waals surface area contributed by atoms with Crippen LogP contribution in [0.2, 0.25) is 0 Å². The summed E-state index contributed by atoms with van der Waals surface area (Å²) in [6, 6.07) is 0. The first kappa shape index (κ1) is 31.3. The third kappa shape index (κ3) is 10.4. The lowest BCUT2D eigenvalue weighted by Crippen LogP contribution is -2.46. The lowest BCUT2D eigenvalue weighted by Gasteiger charge is -2.34. The van der Waals surface area contributed by atoms with Crippen molar-refractivity contribution in [3.05, 3.63) is 34.6 Å². The van der Waals surface area contributed by atoms with Crippen molar-refractivity contribution in [1.82, 2.24) is 0 Å². The summed E-state index contributed by atoms with van der Waals surface area (Å²) >= 11 is 0. The van der Waals surface area contributed by atoms with Crippen molar-refractivity contribution in [3.63, 3.8) is 0 Å². The highest BCUT2D eigenvalue weighted by molar-refractivity contribution is 5.86. The molecule has 0 saturated carbocycles. The van der Waals surface area contributed by atoms with Crippen LogP contribution < -0.4 is 5.11 Å². The fraction of sp³-hybridized carbons (Fsp3) is 0.741. The summed E-state index contributed by atoms with van der Waals surface area (Å²) in [6.07, 6.45) is 20.4. The van der Waals surface area contributed by atoms with Crippen LogP contribution in [-0.4, -0.2) is 36.6 Å². The van der Waals surface area contributed by atoms with E-state index in [-0.39, 0.29) is 0 Å². The SMILES string of the molecule is CCCCCCCC[N+]1(CCCCCCCC)CCCC1.O=C([O-])c1c(F)c(F)c(F)c(F)c1F. The van der Waals surface area contributed by atoms with Crippen molar-refractivity contribution >= 4 is 5.97 Å². The van der Waals surface area contributed by atoms with Gasteiger partial charge in [-0.25, -0.2) is 22.0 Å². The van der Waals surface area contributed by atoms with Crippen LogP contribution in [0.3, 0.4) is 0 Å². The first-order chi connectivity index (χ1) is 16.7. The van der Waals surface area contributed by atoms with Gasteiger partial charge in [0.2, 0.25) is 5.82 Å². The molecule has 0 N–H and O–H groups in total. The number of nitrogens with zero attached hydrogens (tertiary/aromatic N) is 1. The number of hydrogen-bond donors (Lipinski definition) is 0. The van der Waals surface area contributed by atoms with E-state index in [1.165, 1.54) is 121 Å². The van der Waals surface area contributed by atoms with Gasteiger partial charge in [-0.3, -0.25) is 0 Å². The lowest BCUT2D eigenvalue weighted by molar-refractivity contribution is -0.917. The number of carbonyl (C=O) groups is 1. The van der Waals surface area contributed by atoms with Gasteiger partial charge in [0, 0.05) is 12.8 Å². The molecule has 0 atom stereocenters. The van der Waals surface area contributed by atoms with Gasteiger partial charge in [0.1, 0.15) is 0 Å². The minimum atomic E-state index is -2.47. The Morgan fingerprint density at radius 2 is 0.971 bits per heavy atom. The number of hydrogen-bond acceptors (Lipinski definition) is 2. The molecule has 0 aromatic heterocycles. The fourth-order valence-electron chi connectivity index (χ4n) is 4.80. The van der Waals surface area contributed by atoms with E-state index < -0.39 is 40.6 Å². The molecule has 0 amide bonds. The van der Waals surface area contributed by atoms with Crippen LogP contribution in [0.1, 0.15) is 114 Å². The van der Waals surface area contributed by atoms with Crippen molar-refractivity contribution in [3.8, 4) is 0 Å². The quantitative estimate of drug-likeness (QED) is 0.0838. The Kier molecular flexibility index (Phi) is 15.1. The van der Waals surface area contributed by atoms with Gasteiger partial charge >= 0.3 is 0 Å². The van der Waals surface area contributed by atoms with Crippen LogP contribution in [0.4, 0.5) is 22.0 Å². The standard InChI is InChI=1S/C20H42N.C7HF5O2/c1-3-5-7-9-11-13-17-21(19-15-16-20-21)18-14-12-10-8-6-4-2;8-2-1(7(13)14)3(9)5(11)6(12)4(2)10/h3-20H2,1-2H3;(H,13,14)/q+1;/p-1. The van der Waals surface area contributed by atoms with Crippen molar-refractivity contribution in [2.75, 3.05) is 26.2 Å². The van der Waals surface area contributed by atoms with Crippen LogP contribution in [0.5, 0.6) is 0 Å². The van der Waals surface area contributed by atoms with Crippen molar-refractivity contribution in [2.24, 2.45) is 0 Å². The molecular weight excluding hydrogens is 465 g/mol. The summed E-state index contributed by atoms with van der Waals surface area (Å²) in [4.78, 5) is 10.0. The van der Waals surface area contributed by atoms with E-state index >= 15 is 0 Å². The number of unbranched alkanes of at least 4 members (excludes halogenated alkanes) is 10. The van der Waals surface area contributed by atoms with E-state index in [1.807, 2.05) is 0 Å². The van der Waals surface area contributed by atoms with E-state index in [0.717, 1.165) is 0 Å². The van der Waals surface area contributed by atoms with E-state index in [2.05, 4.69) is 13.8 Å². The molecule has 1 aliphatic rings. The molecule has 0 bridgehead atoms. The number of carbonyl (C=O) groups excluding carboxylic acids is 1. The van der Waals surface area contributed by atoms with Gasteiger partial charge in [0.05, 0.1) is 37.7 Å². The highest BCUT2D eigenvalue weighted by Crippen LogP contribution is 2.23. The summed E-state index contributed by atoms with van der Waals surface area (Å²) in [5.74, 6) is -14.4. The first-order valence-corrected chi connectivity index (χ1v) is 13.3. The molecule has 1 aromatic carbocycles. The lowest BCUT2D eigenvalue weighted by atomic mass is 10.1. The zero-order valence-electron chi connectivity index (χ0n) is 21.4. The van der Waals surface area contributed by atoms with Crippen LogP contribution >= 0.6 is 0 Å². The molecule has 202 valence electrons. The smallest absolute Gasteiger partial charge is 0.200 e. The summed E-state index contributed by atoms with van der Waals surface area (Å²) in [5.41, 5.74) is -1.97. The van der Waals surface area contributed by atoms with Crippen LogP contribution in [0, 0.1) is 29.1 Å². The maximum atomic E-state index is 12.5. The average Bonchev–Trinajstić information content (AvgIpc) is 3.30. The second-order valence-electron chi connectivity index (χ2n) is 9.71. The van der Waals surface area contributed by atoms with Gasteiger partial charge in [0.15, 0.2) is 23.3 Å². The Labute approximate surface area is 207 Å². The zero-order valence-corrected chi connectivity index (χ0v) is 21.4. The number of halogens is 5. The van der Waals surface area contributed by atoms with Gasteiger partial charge in [-0.1, -0.05) is 65.2 Å². The molecular formula is C27H42F5NO2. The van der Waals surface area contributed by atoms with Crippen LogP contribution in [0.15, 0.2) is 0 Å². The van der Waals surface area contributed by atoms with E-state index in [1.54, 1.807) is 0 Å². The highest BCUT2D eigenvalue weighted by Gasteiger charge is 2.30. The second kappa shape index (κ2) is 16.9. The number of benzene rings is 1. The van der Waals surface area contributed by atoms with Crippen LogP contribution in [0.25, 0.3) is 0 Å². The van der Waals surface area contributed by atoms with E-state index in [9.17, 15) is 31.9 Å². The molecule has 1 aliphatic heterocycles. The number of likely N-dealkylation sites (tertiary alicyclic amines) is 1. The summed E-state index contributed by atoms with van der Waals surface area (Å²) in [5, 5.41) is 10.0. The Hall–Kier alpha value is -1.70. The highest BCUT2D eigenvalue weighted by atomic mass is 19.2. The Balaban J connectivity index is 0.000000379. The summed E-state index contributed by atoms with van der Waals surface area (Å²) in [7, 11) is 0. The average molecular weight is 508 g/mol. The minimum absolute atomic E-state index is 1.37. The Morgan fingerprint density at radius 3 is 1.34 bits per heavy atom. The number of carboxylic acids is 1. The molecule has 35 heavy (non-hydrogen) atoms. The first-order valence-electron chi connectivity index (χ1n) is 13.3. The number of rotatable bonds is 15. The number of quaternary nitrogens is 1. The summed E-state index contributed by atoms with van der Waals surface area (Å²) in [6.45, 7) is 10.6. The Morgan fingerprint density at radius 1 is 0.629 bits per heavy atom. The summed E-state index contributed by atoms with van der Waals surface area (Å²) < 4.78 is 63.5. The van der Waals surface area contributed by atoms with Gasteiger partial charge < -0.3 is 14.4 Å². The molecule has 0 aliphatic carbocycles. The second-order valence-corrected chi connectivity index (χ2v) is 9.71. The maximum absolute atomic E-state index is 12.5. The predicted octanol–water partition coefficient (Wildman–Crippen LogP) is 7.06.